The molecule has 1 rings (SSSR count). The maximum atomic E-state index is 5.46. The van der Waals surface area contributed by atoms with E-state index in [9.17, 15) is 0 Å². The van der Waals surface area contributed by atoms with E-state index < -0.39 is 0 Å². The van der Waals surface area contributed by atoms with Gasteiger partial charge in [-0.25, -0.2) is 0 Å². The Morgan fingerprint density at radius 3 is 2.94 bits per heavy atom. The minimum atomic E-state index is 0.488. The van der Waals surface area contributed by atoms with E-state index in [1.807, 2.05) is 11.9 Å². The molecule has 0 aliphatic rings. The van der Waals surface area contributed by atoms with Gasteiger partial charge in [0.2, 0.25) is 0 Å². The van der Waals surface area contributed by atoms with E-state index in [1.54, 1.807) is 6.26 Å². The first-order valence-electron chi connectivity index (χ1n) is 5.53. The predicted octanol–water partition coefficient (Wildman–Crippen LogP) is 1.84. The Morgan fingerprint density at radius 1 is 1.56 bits per heavy atom. The van der Waals surface area contributed by atoms with Crippen molar-refractivity contribution in [1.82, 2.24) is 10.2 Å². The standard InChI is InChI=1S/C13H20N2O/c1-5-6-15(4)9-13-7-12(10-16-13)8-14-11(2)3/h1,7,10-11,14H,6,8-9H2,2-4H3. The number of furan rings is 1. The molecule has 0 atom stereocenters. The van der Waals surface area contributed by atoms with E-state index in [-0.39, 0.29) is 0 Å². The quantitative estimate of drug-likeness (QED) is 0.742. The zero-order valence-corrected chi connectivity index (χ0v) is 10.3. The average molecular weight is 220 g/mol. The van der Waals surface area contributed by atoms with Crippen molar-refractivity contribution < 1.29 is 4.42 Å². The molecular formula is C13H20N2O. The third-order valence-electron chi connectivity index (χ3n) is 2.21. The van der Waals surface area contributed by atoms with Crippen LogP contribution in [0.5, 0.6) is 0 Å². The third-order valence-corrected chi connectivity index (χ3v) is 2.21. The molecular weight excluding hydrogens is 200 g/mol. The van der Waals surface area contributed by atoms with Crippen molar-refractivity contribution in [3.05, 3.63) is 23.7 Å². The van der Waals surface area contributed by atoms with Crippen LogP contribution in [0.15, 0.2) is 16.7 Å². The molecule has 1 aromatic rings. The van der Waals surface area contributed by atoms with Crippen molar-refractivity contribution >= 4 is 0 Å². The molecule has 16 heavy (non-hydrogen) atoms. The van der Waals surface area contributed by atoms with Crippen LogP contribution in [0.2, 0.25) is 0 Å². The van der Waals surface area contributed by atoms with Crippen LogP contribution < -0.4 is 5.32 Å². The Kier molecular flexibility index (Phi) is 5.10. The zero-order chi connectivity index (χ0) is 12.0. The lowest BCUT2D eigenvalue weighted by molar-refractivity contribution is 0.326. The molecule has 0 spiro atoms. The van der Waals surface area contributed by atoms with Crippen LogP contribution in [0.1, 0.15) is 25.2 Å². The van der Waals surface area contributed by atoms with Gasteiger partial charge in [-0.3, -0.25) is 4.90 Å². The first-order valence-corrected chi connectivity index (χ1v) is 5.53. The topological polar surface area (TPSA) is 28.4 Å². The number of nitrogens with one attached hydrogen (secondary N) is 1. The Bertz CT molecular complexity index is 349. The fraction of sp³-hybridized carbons (Fsp3) is 0.538. The van der Waals surface area contributed by atoms with Gasteiger partial charge in [0.05, 0.1) is 19.4 Å². The predicted molar refractivity (Wildman–Crippen MR) is 65.9 cm³/mol. The lowest BCUT2D eigenvalue weighted by Crippen LogP contribution is -2.21. The number of hydrogen-bond acceptors (Lipinski definition) is 3. The van der Waals surface area contributed by atoms with Crippen LogP contribution in [-0.4, -0.2) is 24.5 Å². The highest BCUT2D eigenvalue weighted by Gasteiger charge is 2.04. The van der Waals surface area contributed by atoms with Crippen molar-refractivity contribution in [3.63, 3.8) is 0 Å². The maximum Gasteiger partial charge on any atom is 0.118 e. The summed E-state index contributed by atoms with van der Waals surface area (Å²) in [5, 5.41) is 3.35. The third kappa shape index (κ3) is 4.52. The average Bonchev–Trinajstić information content (AvgIpc) is 2.63. The lowest BCUT2D eigenvalue weighted by Gasteiger charge is -2.10. The highest BCUT2D eigenvalue weighted by molar-refractivity contribution is 5.12. The van der Waals surface area contributed by atoms with Crippen molar-refractivity contribution in [3.8, 4) is 12.3 Å². The fourth-order valence-electron chi connectivity index (χ4n) is 1.40. The number of terminal acetylenes is 1. The molecule has 0 unspecified atom stereocenters. The number of rotatable bonds is 6. The molecule has 1 heterocycles. The Hall–Kier alpha value is -1.24. The summed E-state index contributed by atoms with van der Waals surface area (Å²) in [4.78, 5) is 2.04. The monoisotopic (exact) mass is 220 g/mol. The molecule has 0 amide bonds. The SMILES string of the molecule is C#CCN(C)Cc1cc(CNC(C)C)co1. The summed E-state index contributed by atoms with van der Waals surface area (Å²) in [6.45, 7) is 6.50. The zero-order valence-electron chi connectivity index (χ0n) is 10.3. The molecule has 0 aliphatic heterocycles. The van der Waals surface area contributed by atoms with Crippen molar-refractivity contribution in [2.45, 2.75) is 33.0 Å². The van der Waals surface area contributed by atoms with E-state index in [1.165, 1.54) is 5.56 Å². The molecule has 0 aliphatic carbocycles. The maximum absolute atomic E-state index is 5.46. The number of hydrogen-bond donors (Lipinski definition) is 1. The van der Waals surface area contributed by atoms with Gasteiger partial charge in [-0.15, -0.1) is 6.42 Å². The van der Waals surface area contributed by atoms with E-state index in [0.29, 0.717) is 12.6 Å². The largest absolute Gasteiger partial charge is 0.468 e. The van der Waals surface area contributed by atoms with Gasteiger partial charge >= 0.3 is 0 Å². The fourth-order valence-corrected chi connectivity index (χ4v) is 1.40. The summed E-state index contributed by atoms with van der Waals surface area (Å²) >= 11 is 0. The van der Waals surface area contributed by atoms with Crippen molar-refractivity contribution in [2.24, 2.45) is 0 Å². The molecule has 3 heteroatoms. The van der Waals surface area contributed by atoms with Gasteiger partial charge in [-0.2, -0.15) is 0 Å². The summed E-state index contributed by atoms with van der Waals surface area (Å²) < 4.78 is 5.46. The van der Waals surface area contributed by atoms with Crippen LogP contribution >= 0.6 is 0 Å². The van der Waals surface area contributed by atoms with Gasteiger partial charge < -0.3 is 9.73 Å². The van der Waals surface area contributed by atoms with Crippen molar-refractivity contribution in [1.29, 1.82) is 0 Å². The molecule has 0 fully saturated rings. The molecule has 0 bridgehead atoms. The van der Waals surface area contributed by atoms with Crippen molar-refractivity contribution in [2.75, 3.05) is 13.6 Å². The number of nitrogens with zero attached hydrogens (tertiary/aromatic N) is 1. The van der Waals surface area contributed by atoms with E-state index in [4.69, 9.17) is 10.8 Å². The van der Waals surface area contributed by atoms with Gasteiger partial charge in [0.15, 0.2) is 0 Å². The van der Waals surface area contributed by atoms with Crippen LogP contribution in [0.4, 0.5) is 0 Å². The molecule has 88 valence electrons. The molecule has 1 N–H and O–H groups in total. The minimum Gasteiger partial charge on any atom is -0.468 e. The minimum absolute atomic E-state index is 0.488. The Balaban J connectivity index is 2.42. The van der Waals surface area contributed by atoms with Crippen LogP contribution in [0, 0.1) is 12.3 Å². The van der Waals surface area contributed by atoms with Crippen LogP contribution in [0.25, 0.3) is 0 Å². The van der Waals surface area contributed by atoms with Gasteiger partial charge in [-0.1, -0.05) is 19.8 Å². The molecule has 0 saturated carbocycles. The van der Waals surface area contributed by atoms with Gasteiger partial charge in [-0.05, 0) is 13.1 Å². The lowest BCUT2D eigenvalue weighted by atomic mass is 10.3. The molecule has 1 aromatic heterocycles. The second kappa shape index (κ2) is 6.37. The first kappa shape index (κ1) is 12.8. The summed E-state index contributed by atoms with van der Waals surface area (Å²) in [6.07, 6.45) is 7.04. The van der Waals surface area contributed by atoms with Gasteiger partial charge in [0.1, 0.15) is 5.76 Å². The molecule has 3 nitrogen and oxygen atoms in total. The highest BCUT2D eigenvalue weighted by Crippen LogP contribution is 2.09. The second-order valence-corrected chi connectivity index (χ2v) is 4.33. The second-order valence-electron chi connectivity index (χ2n) is 4.33. The van der Waals surface area contributed by atoms with E-state index in [2.05, 4.69) is 31.2 Å². The van der Waals surface area contributed by atoms with E-state index in [0.717, 1.165) is 18.8 Å². The van der Waals surface area contributed by atoms with Crippen LogP contribution in [0.3, 0.4) is 0 Å². The summed E-state index contributed by atoms with van der Waals surface area (Å²) in [7, 11) is 1.98. The smallest absolute Gasteiger partial charge is 0.118 e. The van der Waals surface area contributed by atoms with E-state index >= 15 is 0 Å². The molecule has 0 saturated heterocycles. The normalized spacial score (nSPS) is 11.0. The molecule has 0 aromatic carbocycles. The van der Waals surface area contributed by atoms with Crippen LogP contribution in [-0.2, 0) is 13.1 Å². The summed E-state index contributed by atoms with van der Waals surface area (Å²) in [5.41, 5.74) is 1.18. The van der Waals surface area contributed by atoms with Gasteiger partial charge in [0, 0.05) is 18.2 Å². The Morgan fingerprint density at radius 2 is 2.31 bits per heavy atom. The molecule has 0 radical (unpaired) electrons. The summed E-state index contributed by atoms with van der Waals surface area (Å²) in [6, 6.07) is 2.56. The Labute approximate surface area is 97.8 Å². The first-order chi connectivity index (χ1) is 7.61. The highest BCUT2D eigenvalue weighted by atomic mass is 16.3. The summed E-state index contributed by atoms with van der Waals surface area (Å²) in [5.74, 6) is 3.56. The van der Waals surface area contributed by atoms with Gasteiger partial charge in [0.25, 0.3) is 0 Å².